The Hall–Kier alpha value is -4.96. The van der Waals surface area contributed by atoms with E-state index >= 15 is 0 Å². The van der Waals surface area contributed by atoms with Crippen molar-refractivity contribution in [2.75, 3.05) is 0 Å². The Balaban J connectivity index is 0.920. The van der Waals surface area contributed by atoms with Crippen molar-refractivity contribution in [1.29, 1.82) is 0 Å². The van der Waals surface area contributed by atoms with Crippen LogP contribution in [0, 0.1) is 23.7 Å². The van der Waals surface area contributed by atoms with Gasteiger partial charge in [0.2, 0.25) is 0 Å². The van der Waals surface area contributed by atoms with Crippen molar-refractivity contribution in [1.82, 2.24) is 0 Å². The predicted octanol–water partition coefficient (Wildman–Crippen LogP) is 11.7. The molecule has 0 saturated heterocycles. The smallest absolute Gasteiger partial charge is 0.170 e. The summed E-state index contributed by atoms with van der Waals surface area (Å²) in [5.74, 6) is 18.3. The van der Waals surface area contributed by atoms with Gasteiger partial charge in [0.05, 0.1) is 29.3 Å². The van der Waals surface area contributed by atoms with Gasteiger partial charge in [0.15, 0.2) is 23.0 Å². The summed E-state index contributed by atoms with van der Waals surface area (Å²) in [4.78, 5) is 6.01. The van der Waals surface area contributed by atoms with E-state index in [4.69, 9.17) is 17.7 Å². The molecule has 210 valence electrons. The molecule has 8 rings (SSSR count). The topological polar surface area (TPSA) is 52.6 Å². The minimum Gasteiger partial charge on any atom is -0.452 e. The molecule has 8 aromatic rings. The molecule has 0 aliphatic carbocycles. The third kappa shape index (κ3) is 5.44. The van der Waals surface area contributed by atoms with Gasteiger partial charge in [0, 0.05) is 0 Å². The van der Waals surface area contributed by atoms with E-state index in [1.807, 2.05) is 108 Å². The van der Waals surface area contributed by atoms with E-state index in [-0.39, 0.29) is 0 Å². The van der Waals surface area contributed by atoms with Crippen molar-refractivity contribution in [3.8, 4) is 89.3 Å². The lowest BCUT2D eigenvalue weighted by atomic mass is 10.3. The van der Waals surface area contributed by atoms with Gasteiger partial charge in [-0.2, -0.15) is 0 Å². The fourth-order valence-corrected chi connectivity index (χ4v) is 7.53. The van der Waals surface area contributed by atoms with Crippen LogP contribution >= 0.6 is 45.3 Å². The minimum absolute atomic E-state index is 0.694. The quantitative estimate of drug-likeness (QED) is 0.169. The Morgan fingerprint density at radius 2 is 0.727 bits per heavy atom. The van der Waals surface area contributed by atoms with E-state index in [9.17, 15) is 0 Å². The maximum absolute atomic E-state index is 6.10. The standard InChI is InChI=1S/C36H18O4S4/c1(5-23-9-19-35(43-23)31-17-13-27(39-31)25-11-15-29(37-25)33-7-3-21-41-33)2-6-24-10-20-36(44-24)32-18-14-28(40-32)26-12-16-30(38-26)34-8-4-22-42-34/h3-4,7-22H. The van der Waals surface area contributed by atoms with Crippen LogP contribution in [0.5, 0.6) is 0 Å². The van der Waals surface area contributed by atoms with Crippen LogP contribution < -0.4 is 0 Å². The monoisotopic (exact) mass is 642 g/mol. The number of rotatable bonds is 6. The highest BCUT2D eigenvalue weighted by molar-refractivity contribution is 7.16. The fraction of sp³-hybridized carbons (Fsp3) is 0. The molecule has 0 unspecified atom stereocenters. The zero-order valence-electron chi connectivity index (χ0n) is 22.7. The molecule has 0 aromatic carbocycles. The summed E-state index contributed by atoms with van der Waals surface area (Å²) < 4.78 is 24.2. The Morgan fingerprint density at radius 3 is 1.09 bits per heavy atom. The third-order valence-corrected chi connectivity index (χ3v) is 10.4. The molecule has 0 radical (unpaired) electrons. The number of thiophene rings is 4. The first-order chi connectivity index (χ1) is 21.7. The molecule has 8 heterocycles. The van der Waals surface area contributed by atoms with Gasteiger partial charge in [-0.25, -0.2) is 0 Å². The van der Waals surface area contributed by atoms with Gasteiger partial charge in [-0.3, -0.25) is 0 Å². The molecule has 0 spiro atoms. The van der Waals surface area contributed by atoms with Gasteiger partial charge in [-0.15, -0.1) is 45.3 Å². The van der Waals surface area contributed by atoms with Gasteiger partial charge < -0.3 is 17.7 Å². The van der Waals surface area contributed by atoms with Gasteiger partial charge in [0.25, 0.3) is 0 Å². The number of hydrogen-bond donors (Lipinski definition) is 0. The molecular weight excluding hydrogens is 625 g/mol. The van der Waals surface area contributed by atoms with Gasteiger partial charge in [-0.05, 0) is 119 Å². The van der Waals surface area contributed by atoms with Crippen LogP contribution in [-0.2, 0) is 0 Å². The first-order valence-corrected chi connectivity index (χ1v) is 16.8. The lowest BCUT2D eigenvalue weighted by Crippen LogP contribution is -1.66. The molecule has 44 heavy (non-hydrogen) atoms. The van der Waals surface area contributed by atoms with E-state index in [2.05, 4.69) is 23.7 Å². The van der Waals surface area contributed by atoms with Crippen LogP contribution in [0.4, 0.5) is 0 Å². The lowest BCUT2D eigenvalue weighted by Gasteiger charge is -1.93. The average Bonchev–Trinajstić information content (AvgIpc) is 3.91. The predicted molar refractivity (Wildman–Crippen MR) is 180 cm³/mol. The minimum atomic E-state index is 0.694. The Labute approximate surface area is 268 Å². The van der Waals surface area contributed by atoms with E-state index in [0.717, 1.165) is 52.3 Å². The summed E-state index contributed by atoms with van der Waals surface area (Å²) in [5, 5.41) is 4.07. The molecule has 4 nitrogen and oxygen atoms in total. The highest BCUT2D eigenvalue weighted by atomic mass is 32.1. The second-order valence-corrected chi connectivity index (χ2v) is 13.5. The van der Waals surface area contributed by atoms with Crippen molar-refractivity contribution in [2.45, 2.75) is 0 Å². The average molecular weight is 643 g/mol. The summed E-state index contributed by atoms with van der Waals surface area (Å²) in [5.41, 5.74) is 0. The largest absolute Gasteiger partial charge is 0.452 e. The SMILES string of the molecule is C(C#Cc1ccc(-c2ccc(-c3ccc(-c4cccs4)o3)o2)s1)#Cc1ccc(-c2ccc(-c3ccc(-c4cccs4)o3)o2)s1. The third-order valence-electron chi connectivity index (χ3n) is 6.57. The molecule has 0 aliphatic rings. The summed E-state index contributed by atoms with van der Waals surface area (Å²) in [6.07, 6.45) is 0. The van der Waals surface area contributed by atoms with Crippen molar-refractivity contribution < 1.29 is 17.7 Å². The normalized spacial score (nSPS) is 10.8. The van der Waals surface area contributed by atoms with Crippen LogP contribution in [0.1, 0.15) is 9.75 Å². The summed E-state index contributed by atoms with van der Waals surface area (Å²) >= 11 is 6.42. The van der Waals surface area contributed by atoms with Crippen LogP contribution in [0.25, 0.3) is 65.6 Å². The molecule has 0 atom stereocenters. The zero-order valence-corrected chi connectivity index (χ0v) is 25.9. The summed E-state index contributed by atoms with van der Waals surface area (Å²) in [7, 11) is 0. The van der Waals surface area contributed by atoms with Crippen molar-refractivity contribution in [3.05, 3.63) is 118 Å². The Kier molecular flexibility index (Phi) is 7.03. The Bertz CT molecular complexity index is 2140. The molecule has 8 aromatic heterocycles. The van der Waals surface area contributed by atoms with Crippen LogP contribution in [0.15, 0.2) is 125 Å². The summed E-state index contributed by atoms with van der Waals surface area (Å²) in [6, 6.07) is 31.7. The highest BCUT2D eigenvalue weighted by Crippen LogP contribution is 2.37. The lowest BCUT2D eigenvalue weighted by molar-refractivity contribution is 0.540. The second-order valence-electron chi connectivity index (χ2n) is 9.44. The first kappa shape index (κ1) is 26.7. The van der Waals surface area contributed by atoms with Gasteiger partial charge in [-0.1, -0.05) is 12.1 Å². The molecule has 8 heteroatoms. The molecule has 0 bridgehead atoms. The van der Waals surface area contributed by atoms with Crippen LogP contribution in [0.2, 0.25) is 0 Å². The van der Waals surface area contributed by atoms with E-state index in [1.165, 1.54) is 0 Å². The number of furan rings is 4. The molecule has 0 N–H and O–H groups in total. The molecular formula is C36H18O4S4. The number of hydrogen-bond acceptors (Lipinski definition) is 8. The van der Waals surface area contributed by atoms with Gasteiger partial charge in [0.1, 0.15) is 23.0 Å². The molecule has 0 aliphatic heterocycles. The molecule has 0 saturated carbocycles. The van der Waals surface area contributed by atoms with E-state index in [1.54, 1.807) is 45.3 Å². The summed E-state index contributed by atoms with van der Waals surface area (Å²) in [6.45, 7) is 0. The molecule has 0 fully saturated rings. The van der Waals surface area contributed by atoms with E-state index < -0.39 is 0 Å². The Morgan fingerprint density at radius 1 is 0.364 bits per heavy atom. The zero-order chi connectivity index (χ0) is 29.3. The van der Waals surface area contributed by atoms with Gasteiger partial charge >= 0.3 is 0 Å². The molecule has 0 amide bonds. The van der Waals surface area contributed by atoms with Crippen LogP contribution in [-0.4, -0.2) is 0 Å². The van der Waals surface area contributed by atoms with Crippen LogP contribution in [0.3, 0.4) is 0 Å². The maximum Gasteiger partial charge on any atom is 0.170 e. The van der Waals surface area contributed by atoms with Crippen molar-refractivity contribution in [3.63, 3.8) is 0 Å². The maximum atomic E-state index is 6.10. The second kappa shape index (κ2) is 11.6. The van der Waals surface area contributed by atoms with Crippen molar-refractivity contribution >= 4 is 45.3 Å². The first-order valence-electron chi connectivity index (χ1n) is 13.5. The highest BCUT2D eigenvalue weighted by Gasteiger charge is 2.15. The fourth-order valence-electron chi connectivity index (χ4n) is 4.51. The van der Waals surface area contributed by atoms with E-state index in [0.29, 0.717) is 23.0 Å². The van der Waals surface area contributed by atoms with Crippen molar-refractivity contribution in [2.24, 2.45) is 0 Å².